The van der Waals surface area contributed by atoms with Crippen molar-refractivity contribution in [2.75, 3.05) is 0 Å². The number of carbonyl (C=O) groups excluding carboxylic acids is 1. The van der Waals surface area contributed by atoms with E-state index in [2.05, 4.69) is 0 Å². The van der Waals surface area contributed by atoms with Gasteiger partial charge in [-0.05, 0) is 12.8 Å². The van der Waals surface area contributed by atoms with E-state index in [0.29, 0.717) is 10.7 Å². The van der Waals surface area contributed by atoms with Gasteiger partial charge in [0.05, 0.1) is 5.41 Å². The third-order valence-electron chi connectivity index (χ3n) is 3.34. The average molecular weight is 200 g/mol. The Labute approximate surface area is 83.1 Å². The van der Waals surface area contributed by atoms with Crippen molar-refractivity contribution in [3.8, 4) is 0 Å². The molecule has 0 heterocycles. The van der Waals surface area contributed by atoms with E-state index in [1.54, 1.807) is 0 Å². The average Bonchev–Trinajstić information content (AvgIpc) is 2.42. The third-order valence-corrected chi connectivity index (χ3v) is 3.72. The van der Waals surface area contributed by atoms with Crippen LogP contribution in [-0.2, 0) is 4.79 Å². The van der Waals surface area contributed by atoms with Crippen LogP contribution in [0.25, 0.3) is 0 Å². The monoisotopic (exact) mass is 199 g/mol. The van der Waals surface area contributed by atoms with Gasteiger partial charge in [0.25, 0.3) is 0 Å². The number of rotatable bonds is 0. The van der Waals surface area contributed by atoms with Crippen molar-refractivity contribution < 1.29 is 4.79 Å². The molecule has 0 aliphatic heterocycles. The molecule has 0 aromatic heterocycles. The Hall–Kier alpha value is -0.500. The molecule has 3 heteroatoms. The first-order valence-electron chi connectivity index (χ1n) is 4.89. The molecule has 2 N–H and O–H groups in total. The van der Waals surface area contributed by atoms with Gasteiger partial charge in [0.1, 0.15) is 5.03 Å². The van der Waals surface area contributed by atoms with Crippen LogP contribution in [0.5, 0.6) is 0 Å². The highest BCUT2D eigenvalue weighted by Crippen LogP contribution is 2.50. The Bertz CT molecular complexity index is 275. The molecule has 0 bridgehead atoms. The lowest BCUT2D eigenvalue weighted by molar-refractivity contribution is -0.126. The highest BCUT2D eigenvalue weighted by atomic mass is 35.5. The predicted molar refractivity (Wildman–Crippen MR) is 52.2 cm³/mol. The van der Waals surface area contributed by atoms with Crippen molar-refractivity contribution in [1.82, 2.24) is 0 Å². The lowest BCUT2D eigenvalue weighted by Crippen LogP contribution is -2.46. The largest absolute Gasteiger partial charge is 0.400 e. The van der Waals surface area contributed by atoms with Crippen LogP contribution in [-0.4, -0.2) is 5.78 Å². The predicted octanol–water partition coefficient (Wildman–Crippen LogP) is 2.32. The zero-order chi connectivity index (χ0) is 9.47. The Morgan fingerprint density at radius 1 is 1.15 bits per heavy atom. The topological polar surface area (TPSA) is 43.1 Å². The standard InChI is InChI=1S/C10H14ClNO/c11-7-8(12)10(9(7)13)5-3-1-2-4-6-10/h1-6,12H2. The van der Waals surface area contributed by atoms with Crippen LogP contribution >= 0.6 is 11.6 Å². The Morgan fingerprint density at radius 2 is 1.69 bits per heavy atom. The van der Waals surface area contributed by atoms with E-state index >= 15 is 0 Å². The van der Waals surface area contributed by atoms with Crippen molar-refractivity contribution in [3.05, 3.63) is 10.7 Å². The minimum atomic E-state index is -0.340. The first kappa shape index (κ1) is 9.07. The third kappa shape index (κ3) is 1.12. The van der Waals surface area contributed by atoms with Crippen LogP contribution in [0, 0.1) is 5.41 Å². The van der Waals surface area contributed by atoms with Crippen molar-refractivity contribution in [2.45, 2.75) is 38.5 Å². The van der Waals surface area contributed by atoms with Crippen molar-refractivity contribution in [3.63, 3.8) is 0 Å². The van der Waals surface area contributed by atoms with Crippen LogP contribution in [0.15, 0.2) is 10.7 Å². The number of hydrogen-bond donors (Lipinski definition) is 1. The van der Waals surface area contributed by atoms with E-state index in [0.717, 1.165) is 25.7 Å². The maximum absolute atomic E-state index is 11.6. The number of carbonyl (C=O) groups is 1. The smallest absolute Gasteiger partial charge is 0.188 e. The Balaban J connectivity index is 2.26. The van der Waals surface area contributed by atoms with Crippen LogP contribution in [0.4, 0.5) is 0 Å². The summed E-state index contributed by atoms with van der Waals surface area (Å²) >= 11 is 5.73. The highest BCUT2D eigenvalue weighted by molar-refractivity contribution is 6.47. The van der Waals surface area contributed by atoms with Crippen LogP contribution in [0.2, 0.25) is 0 Å². The van der Waals surface area contributed by atoms with Gasteiger partial charge in [0.2, 0.25) is 0 Å². The summed E-state index contributed by atoms with van der Waals surface area (Å²) < 4.78 is 0. The van der Waals surface area contributed by atoms with E-state index in [4.69, 9.17) is 17.3 Å². The molecular weight excluding hydrogens is 186 g/mol. The van der Waals surface area contributed by atoms with Crippen molar-refractivity contribution >= 4 is 17.4 Å². The molecule has 1 saturated carbocycles. The van der Waals surface area contributed by atoms with Gasteiger partial charge in [0.15, 0.2) is 5.78 Å². The SMILES string of the molecule is NC1=C(Cl)C(=O)C12CCCCCC2. The minimum Gasteiger partial charge on any atom is -0.400 e. The molecule has 0 atom stereocenters. The van der Waals surface area contributed by atoms with Crippen molar-refractivity contribution in [1.29, 1.82) is 0 Å². The lowest BCUT2D eigenvalue weighted by atomic mass is 9.66. The molecule has 0 aromatic rings. The van der Waals surface area contributed by atoms with Gasteiger partial charge in [-0.2, -0.15) is 0 Å². The summed E-state index contributed by atoms with van der Waals surface area (Å²) in [5.74, 6) is 0.0913. The number of ketones is 1. The zero-order valence-corrected chi connectivity index (χ0v) is 8.36. The number of halogens is 1. The fourth-order valence-electron chi connectivity index (χ4n) is 2.43. The van der Waals surface area contributed by atoms with Gasteiger partial charge in [-0.15, -0.1) is 0 Å². The molecule has 2 aliphatic carbocycles. The Morgan fingerprint density at radius 3 is 2.15 bits per heavy atom. The maximum atomic E-state index is 11.6. The van der Waals surface area contributed by atoms with Gasteiger partial charge in [-0.25, -0.2) is 0 Å². The lowest BCUT2D eigenvalue weighted by Gasteiger charge is -2.39. The fraction of sp³-hybridized carbons (Fsp3) is 0.700. The normalized spacial score (nSPS) is 27.3. The minimum absolute atomic E-state index is 0.0913. The first-order chi connectivity index (χ1) is 6.18. The van der Waals surface area contributed by atoms with Gasteiger partial charge in [0, 0.05) is 5.70 Å². The van der Waals surface area contributed by atoms with Gasteiger partial charge >= 0.3 is 0 Å². The summed E-state index contributed by atoms with van der Waals surface area (Å²) in [6.45, 7) is 0. The van der Waals surface area contributed by atoms with E-state index in [9.17, 15) is 4.79 Å². The molecule has 0 radical (unpaired) electrons. The molecule has 1 spiro atoms. The quantitative estimate of drug-likeness (QED) is 0.651. The molecule has 2 nitrogen and oxygen atoms in total. The molecule has 72 valence electrons. The molecule has 13 heavy (non-hydrogen) atoms. The van der Waals surface area contributed by atoms with Crippen LogP contribution in [0.3, 0.4) is 0 Å². The number of hydrogen-bond acceptors (Lipinski definition) is 2. The molecule has 0 unspecified atom stereocenters. The number of Topliss-reactive ketones (excluding diaryl/α,β-unsaturated/α-hetero) is 1. The number of allylic oxidation sites excluding steroid dienone is 2. The Kier molecular flexibility index (Phi) is 2.11. The van der Waals surface area contributed by atoms with Gasteiger partial charge in [-0.3, -0.25) is 4.79 Å². The summed E-state index contributed by atoms with van der Waals surface area (Å²) in [6, 6.07) is 0. The maximum Gasteiger partial charge on any atom is 0.188 e. The summed E-state index contributed by atoms with van der Waals surface area (Å²) in [5.41, 5.74) is 6.13. The second kappa shape index (κ2) is 3.02. The van der Waals surface area contributed by atoms with Gasteiger partial charge < -0.3 is 5.73 Å². The van der Waals surface area contributed by atoms with Crippen molar-refractivity contribution in [2.24, 2.45) is 11.1 Å². The molecule has 2 rings (SSSR count). The second-order valence-electron chi connectivity index (χ2n) is 4.05. The molecule has 0 amide bonds. The zero-order valence-electron chi connectivity index (χ0n) is 7.61. The van der Waals surface area contributed by atoms with Gasteiger partial charge in [-0.1, -0.05) is 37.3 Å². The molecule has 0 saturated heterocycles. The highest BCUT2D eigenvalue weighted by Gasteiger charge is 2.51. The summed E-state index contributed by atoms with van der Waals surface area (Å²) in [5, 5.41) is 0.293. The van der Waals surface area contributed by atoms with E-state index in [1.807, 2.05) is 0 Å². The number of nitrogens with two attached hydrogens (primary N) is 1. The van der Waals surface area contributed by atoms with E-state index in [1.165, 1.54) is 12.8 Å². The van der Waals surface area contributed by atoms with Crippen LogP contribution < -0.4 is 5.73 Å². The first-order valence-corrected chi connectivity index (χ1v) is 5.27. The molecule has 0 aromatic carbocycles. The summed E-state index contributed by atoms with van der Waals surface area (Å²) in [7, 11) is 0. The summed E-state index contributed by atoms with van der Waals surface area (Å²) in [6.07, 6.45) is 6.48. The second-order valence-corrected chi connectivity index (χ2v) is 4.43. The fourth-order valence-corrected chi connectivity index (χ4v) is 2.79. The molecular formula is C10H14ClNO. The van der Waals surface area contributed by atoms with Crippen LogP contribution in [0.1, 0.15) is 38.5 Å². The molecule has 2 aliphatic rings. The van der Waals surface area contributed by atoms with E-state index in [-0.39, 0.29) is 11.2 Å². The molecule has 1 fully saturated rings. The van der Waals surface area contributed by atoms with E-state index < -0.39 is 0 Å². The summed E-state index contributed by atoms with van der Waals surface area (Å²) in [4.78, 5) is 11.6.